The molecule has 0 N–H and O–H groups in total. The summed E-state index contributed by atoms with van der Waals surface area (Å²) in [6.07, 6.45) is 5.49. The average molecular weight is 176 g/mol. The molecule has 0 aliphatic rings. The first kappa shape index (κ1) is 12.0. The predicted octanol–water partition coefficient (Wildman–Crippen LogP) is 2.70. The highest BCUT2D eigenvalue weighted by atomic mass is 13.8. The Morgan fingerprint density at radius 1 is 0.923 bits per heavy atom. The van der Waals surface area contributed by atoms with E-state index in [4.69, 9.17) is 0 Å². The molecule has 0 heterocycles. The van der Waals surface area contributed by atoms with E-state index < -0.39 is 0 Å². The summed E-state index contributed by atoms with van der Waals surface area (Å²) in [4.78, 5) is 0. The van der Waals surface area contributed by atoms with Gasteiger partial charge in [-0.15, -0.1) is 0 Å². The minimum Gasteiger partial charge on any atom is -0.0798 e. The summed E-state index contributed by atoms with van der Waals surface area (Å²) in [6, 6.07) is 8.36. The van der Waals surface area contributed by atoms with Gasteiger partial charge in [-0.05, 0) is 24.3 Å². The zero-order chi connectivity index (χ0) is 10.1. The van der Waals surface area contributed by atoms with Crippen molar-refractivity contribution in [3.8, 4) is 0 Å². The Morgan fingerprint density at radius 2 is 1.23 bits per heavy atom. The maximum absolute atomic E-state index is 2.12. The molecule has 1 aromatic carbocycles. The van der Waals surface area contributed by atoms with E-state index in [2.05, 4.69) is 64.1 Å². The normalized spacial score (nSPS) is 12.3. The lowest BCUT2D eigenvalue weighted by atomic mass is 10.2. The predicted molar refractivity (Wildman–Crippen MR) is 61.9 cm³/mol. The Hall–Kier alpha value is -1.04. The molecule has 0 amide bonds. The average Bonchev–Trinajstić information content (AvgIpc) is 2.19. The molecule has 1 rings (SSSR count). The maximum atomic E-state index is 2.12. The first-order valence-corrected chi connectivity index (χ1v) is 4.97. The molecule has 13 heavy (non-hydrogen) atoms. The quantitative estimate of drug-likeness (QED) is 0.570. The van der Waals surface area contributed by atoms with E-state index in [9.17, 15) is 0 Å². The topological polar surface area (TPSA) is 0 Å². The fourth-order valence-electron chi connectivity index (χ4n) is 1.04. The number of hydrogen-bond donors (Lipinski definition) is 0. The van der Waals surface area contributed by atoms with Gasteiger partial charge in [0.2, 0.25) is 0 Å². The summed E-state index contributed by atoms with van der Waals surface area (Å²) in [6.45, 7) is 8.37. The fourth-order valence-corrected chi connectivity index (χ4v) is 1.04. The van der Waals surface area contributed by atoms with Gasteiger partial charge in [0.05, 0.1) is 0 Å². The second-order valence-corrected chi connectivity index (χ2v) is 2.91. The van der Waals surface area contributed by atoms with Gasteiger partial charge in [-0.3, -0.25) is 0 Å². The smallest absolute Gasteiger partial charge is 0.0230 e. The molecule has 0 radical (unpaired) electrons. The molecule has 0 atom stereocenters. The molecule has 0 aromatic heterocycles. The first-order chi connectivity index (χ1) is 6.29. The van der Waals surface area contributed by atoms with E-state index in [1.54, 1.807) is 0 Å². The van der Waals surface area contributed by atoms with Crippen molar-refractivity contribution in [2.24, 2.45) is 0 Å². The van der Waals surface area contributed by atoms with Crippen molar-refractivity contribution < 1.29 is 0 Å². The number of benzene rings is 1. The minimum absolute atomic E-state index is 1.25. The largest absolute Gasteiger partial charge is 0.0798 e. The van der Waals surface area contributed by atoms with E-state index in [0.29, 0.717) is 0 Å². The maximum Gasteiger partial charge on any atom is -0.0230 e. The molecule has 0 nitrogen and oxygen atoms in total. The molecule has 72 valence electrons. The highest BCUT2D eigenvalue weighted by molar-refractivity contribution is 5.28. The van der Waals surface area contributed by atoms with Crippen LogP contribution in [0.1, 0.15) is 34.1 Å². The Morgan fingerprint density at radius 3 is 1.46 bits per heavy atom. The van der Waals surface area contributed by atoms with E-state index in [1.807, 2.05) is 0 Å². The van der Waals surface area contributed by atoms with Crippen molar-refractivity contribution in [1.82, 2.24) is 0 Å². The van der Waals surface area contributed by atoms with Crippen LogP contribution < -0.4 is 10.4 Å². The van der Waals surface area contributed by atoms with Crippen LogP contribution in [-0.2, 0) is 0 Å². The van der Waals surface area contributed by atoms with Gasteiger partial charge < -0.3 is 0 Å². The molecule has 0 unspecified atom stereocenters. The van der Waals surface area contributed by atoms with Crippen LogP contribution in [0.3, 0.4) is 0 Å². The second-order valence-electron chi connectivity index (χ2n) is 2.91. The Balaban J connectivity index is 0.000000424. The highest BCUT2D eigenvalue weighted by Gasteiger charge is 1.77. The lowest BCUT2D eigenvalue weighted by Crippen LogP contribution is -2.22. The van der Waals surface area contributed by atoms with Crippen LogP contribution >= 0.6 is 0 Å². The van der Waals surface area contributed by atoms with Gasteiger partial charge >= 0.3 is 0 Å². The van der Waals surface area contributed by atoms with Crippen molar-refractivity contribution in [3.63, 3.8) is 0 Å². The number of rotatable bonds is 0. The minimum atomic E-state index is 1.25. The van der Waals surface area contributed by atoms with Crippen LogP contribution in [0.4, 0.5) is 0 Å². The van der Waals surface area contributed by atoms with Crippen molar-refractivity contribution >= 4 is 12.2 Å². The zero-order valence-electron chi connectivity index (χ0n) is 9.17. The molecule has 0 spiro atoms. The Kier molecular flexibility index (Phi) is 6.99. The van der Waals surface area contributed by atoms with Crippen LogP contribution in [0, 0.1) is 0 Å². The monoisotopic (exact) mass is 176 g/mol. The molecule has 0 aliphatic carbocycles. The Labute approximate surface area is 81.6 Å². The van der Waals surface area contributed by atoms with Crippen molar-refractivity contribution in [2.45, 2.75) is 34.1 Å². The molecule has 0 aliphatic heterocycles. The lowest BCUT2D eigenvalue weighted by Gasteiger charge is -1.85. The summed E-state index contributed by atoms with van der Waals surface area (Å²) < 4.78 is 0. The van der Waals surface area contributed by atoms with E-state index in [0.717, 1.165) is 0 Å². The molecule has 0 saturated carbocycles. The summed E-state index contributed by atoms with van der Waals surface area (Å²) in [5.74, 6) is 0. The third-order valence-electron chi connectivity index (χ3n) is 1.62. The summed E-state index contributed by atoms with van der Waals surface area (Å²) >= 11 is 0. The zero-order valence-corrected chi connectivity index (χ0v) is 9.17. The highest BCUT2D eigenvalue weighted by Crippen LogP contribution is 1.71. The van der Waals surface area contributed by atoms with Gasteiger partial charge in [-0.25, -0.2) is 0 Å². The van der Waals surface area contributed by atoms with Crippen molar-refractivity contribution in [2.75, 3.05) is 0 Å². The molecular weight excluding hydrogens is 156 g/mol. The van der Waals surface area contributed by atoms with Gasteiger partial charge in [0.15, 0.2) is 0 Å². The van der Waals surface area contributed by atoms with E-state index in [-0.39, 0.29) is 0 Å². The van der Waals surface area contributed by atoms with Crippen LogP contribution in [0.15, 0.2) is 24.3 Å². The van der Waals surface area contributed by atoms with Gasteiger partial charge in [0.1, 0.15) is 0 Å². The van der Waals surface area contributed by atoms with Crippen LogP contribution in [0.5, 0.6) is 0 Å². The van der Waals surface area contributed by atoms with Crippen LogP contribution in [0.2, 0.25) is 0 Å². The molecule has 0 heteroatoms. The fraction of sp³-hybridized carbons (Fsp3) is 0.385. The third kappa shape index (κ3) is 4.51. The lowest BCUT2D eigenvalue weighted by molar-refractivity contribution is 1.09. The summed E-state index contributed by atoms with van der Waals surface area (Å²) in [7, 11) is 0. The van der Waals surface area contributed by atoms with Gasteiger partial charge in [0, 0.05) is 0 Å². The Bertz CT molecular complexity index is 287. The SMILES string of the molecule is C/C=c1/cccc/c1=C\C.CCC. The first-order valence-electron chi connectivity index (χ1n) is 4.97. The standard InChI is InChI=1S/C10H12.C3H8/c1-3-9-7-5-6-8-10(9)4-2;1-3-2/h3-8H,1-2H3;3H2,1-2H3/b9-3-,10-4+;. The molecule has 0 fully saturated rings. The van der Waals surface area contributed by atoms with Crippen molar-refractivity contribution in [3.05, 3.63) is 34.7 Å². The summed E-state index contributed by atoms with van der Waals surface area (Å²) in [5.41, 5.74) is 0. The van der Waals surface area contributed by atoms with Crippen LogP contribution in [-0.4, -0.2) is 0 Å². The number of hydrogen-bond acceptors (Lipinski definition) is 0. The summed E-state index contributed by atoms with van der Waals surface area (Å²) in [5, 5.41) is 2.62. The van der Waals surface area contributed by atoms with Crippen molar-refractivity contribution in [1.29, 1.82) is 0 Å². The molecule has 1 aromatic rings. The van der Waals surface area contributed by atoms with Crippen LogP contribution in [0.25, 0.3) is 12.2 Å². The molecular formula is C13H20. The molecule has 0 saturated heterocycles. The second kappa shape index (κ2) is 7.60. The van der Waals surface area contributed by atoms with Gasteiger partial charge in [0.25, 0.3) is 0 Å². The van der Waals surface area contributed by atoms with Gasteiger partial charge in [-0.1, -0.05) is 56.7 Å². The third-order valence-corrected chi connectivity index (χ3v) is 1.62. The van der Waals surface area contributed by atoms with E-state index >= 15 is 0 Å². The van der Waals surface area contributed by atoms with E-state index in [1.165, 1.54) is 16.9 Å². The van der Waals surface area contributed by atoms with Gasteiger partial charge in [-0.2, -0.15) is 0 Å². The molecule has 0 bridgehead atoms.